The maximum Gasteiger partial charge on any atom is 0.230 e. The van der Waals surface area contributed by atoms with Crippen molar-refractivity contribution in [3.63, 3.8) is 0 Å². The van der Waals surface area contributed by atoms with E-state index in [0.717, 1.165) is 0 Å². The summed E-state index contributed by atoms with van der Waals surface area (Å²) in [5, 5.41) is 14.6. The monoisotopic (exact) mass is 271 g/mol. The topological polar surface area (TPSA) is 81.9 Å². The molecule has 8 heteroatoms. The van der Waals surface area contributed by atoms with Crippen LogP contribution in [-0.2, 0) is 16.1 Å². The van der Waals surface area contributed by atoms with Gasteiger partial charge >= 0.3 is 0 Å². The molecule has 1 heterocycles. The normalized spacial score (nSPS) is 12.1. The highest BCUT2D eigenvalue weighted by Crippen LogP contribution is 2.12. The van der Waals surface area contributed by atoms with Gasteiger partial charge in [0.1, 0.15) is 0 Å². The fourth-order valence-electron chi connectivity index (χ4n) is 1.27. The Morgan fingerprint density at radius 1 is 1.72 bits per heavy atom. The second kappa shape index (κ2) is 7.83. The SMILES string of the molecule is C=CCn1nnnc1SCC(=O)N[C@H](C)COC. The molecule has 0 saturated heterocycles. The van der Waals surface area contributed by atoms with Crippen LogP contribution in [0.5, 0.6) is 0 Å². The predicted octanol–water partition coefficient (Wildman–Crippen LogP) is 0.102. The van der Waals surface area contributed by atoms with Crippen molar-refractivity contribution >= 4 is 17.7 Å². The first kappa shape index (κ1) is 14.7. The summed E-state index contributed by atoms with van der Waals surface area (Å²) in [5.41, 5.74) is 0. The third-order valence-corrected chi connectivity index (χ3v) is 2.91. The van der Waals surface area contributed by atoms with E-state index in [4.69, 9.17) is 4.74 Å². The number of carbonyl (C=O) groups excluding carboxylic acids is 1. The standard InChI is InChI=1S/C10H17N5O2S/c1-4-5-15-10(12-13-14-15)18-7-9(16)11-8(2)6-17-3/h4,8H,1,5-7H2,2-3H3,(H,11,16)/t8-/m1/s1. The van der Waals surface area contributed by atoms with Crippen LogP contribution in [0.15, 0.2) is 17.8 Å². The Morgan fingerprint density at radius 2 is 2.50 bits per heavy atom. The van der Waals surface area contributed by atoms with Gasteiger partial charge in [-0.05, 0) is 17.4 Å². The van der Waals surface area contributed by atoms with E-state index in [1.807, 2.05) is 6.92 Å². The van der Waals surface area contributed by atoms with Crippen molar-refractivity contribution in [3.05, 3.63) is 12.7 Å². The van der Waals surface area contributed by atoms with E-state index in [1.165, 1.54) is 11.8 Å². The van der Waals surface area contributed by atoms with Crippen LogP contribution >= 0.6 is 11.8 Å². The third kappa shape index (κ3) is 4.84. The van der Waals surface area contributed by atoms with Crippen LogP contribution in [0, 0.1) is 0 Å². The Morgan fingerprint density at radius 3 is 3.17 bits per heavy atom. The van der Waals surface area contributed by atoms with Gasteiger partial charge in [-0.15, -0.1) is 11.7 Å². The van der Waals surface area contributed by atoms with Crippen LogP contribution in [0.4, 0.5) is 0 Å². The Balaban J connectivity index is 2.37. The predicted molar refractivity (Wildman–Crippen MR) is 68.2 cm³/mol. The minimum absolute atomic E-state index is 0.00716. The molecule has 0 fully saturated rings. The molecule has 7 nitrogen and oxygen atoms in total. The zero-order chi connectivity index (χ0) is 13.4. The molecule has 1 amide bonds. The number of amides is 1. The van der Waals surface area contributed by atoms with Crippen LogP contribution < -0.4 is 5.32 Å². The minimum Gasteiger partial charge on any atom is -0.383 e. The van der Waals surface area contributed by atoms with Crippen molar-refractivity contribution in [3.8, 4) is 0 Å². The van der Waals surface area contributed by atoms with Gasteiger partial charge in [0.15, 0.2) is 0 Å². The molecule has 1 rings (SSSR count). The largest absolute Gasteiger partial charge is 0.383 e. The quantitative estimate of drug-likeness (QED) is 0.533. The maximum atomic E-state index is 11.6. The van der Waals surface area contributed by atoms with Gasteiger partial charge < -0.3 is 10.1 Å². The molecular weight excluding hydrogens is 254 g/mol. The molecule has 0 spiro atoms. The van der Waals surface area contributed by atoms with Gasteiger partial charge in [-0.25, -0.2) is 4.68 Å². The first-order valence-electron chi connectivity index (χ1n) is 5.45. The zero-order valence-electron chi connectivity index (χ0n) is 10.5. The number of aromatic nitrogens is 4. The number of tetrazole rings is 1. The molecule has 0 aliphatic rings. The Kier molecular flexibility index (Phi) is 6.37. The second-order valence-electron chi connectivity index (χ2n) is 3.64. The summed E-state index contributed by atoms with van der Waals surface area (Å²) in [6, 6.07) is -0.00716. The summed E-state index contributed by atoms with van der Waals surface area (Å²) in [4.78, 5) is 11.6. The molecule has 18 heavy (non-hydrogen) atoms. The van der Waals surface area contributed by atoms with Gasteiger partial charge in [0.05, 0.1) is 18.9 Å². The summed E-state index contributed by atoms with van der Waals surface area (Å²) in [5.74, 6) is 0.198. The lowest BCUT2D eigenvalue weighted by molar-refractivity contribution is -0.119. The smallest absolute Gasteiger partial charge is 0.230 e. The van der Waals surface area contributed by atoms with E-state index in [2.05, 4.69) is 27.4 Å². The molecule has 0 unspecified atom stereocenters. The highest BCUT2D eigenvalue weighted by molar-refractivity contribution is 7.99. The molecule has 1 aromatic heterocycles. The van der Waals surface area contributed by atoms with Crippen molar-refractivity contribution in [2.24, 2.45) is 0 Å². The van der Waals surface area contributed by atoms with Crippen LogP contribution in [0.25, 0.3) is 0 Å². The van der Waals surface area contributed by atoms with E-state index < -0.39 is 0 Å². The van der Waals surface area contributed by atoms with Crippen molar-refractivity contribution < 1.29 is 9.53 Å². The molecule has 1 aromatic rings. The van der Waals surface area contributed by atoms with Crippen LogP contribution in [-0.4, -0.2) is 51.6 Å². The van der Waals surface area contributed by atoms with Gasteiger partial charge in [0, 0.05) is 13.2 Å². The first-order chi connectivity index (χ1) is 8.67. The summed E-state index contributed by atoms with van der Waals surface area (Å²) >= 11 is 1.29. The lowest BCUT2D eigenvalue weighted by Crippen LogP contribution is -2.36. The molecule has 1 atom stereocenters. The van der Waals surface area contributed by atoms with Gasteiger partial charge in [0.2, 0.25) is 11.1 Å². The molecule has 1 N–H and O–H groups in total. The van der Waals surface area contributed by atoms with Gasteiger partial charge in [-0.1, -0.05) is 17.8 Å². The van der Waals surface area contributed by atoms with Gasteiger partial charge in [-0.3, -0.25) is 4.79 Å². The number of carbonyl (C=O) groups is 1. The summed E-state index contributed by atoms with van der Waals surface area (Å²) in [6.07, 6.45) is 1.70. The van der Waals surface area contributed by atoms with E-state index >= 15 is 0 Å². The number of nitrogens with one attached hydrogen (secondary N) is 1. The van der Waals surface area contributed by atoms with Crippen molar-refractivity contribution in [1.82, 2.24) is 25.5 Å². The van der Waals surface area contributed by atoms with Crippen LogP contribution in [0.2, 0.25) is 0 Å². The van der Waals surface area contributed by atoms with E-state index in [-0.39, 0.29) is 17.7 Å². The highest BCUT2D eigenvalue weighted by Gasteiger charge is 2.11. The van der Waals surface area contributed by atoms with Gasteiger partial charge in [0.25, 0.3) is 0 Å². The fourth-order valence-corrected chi connectivity index (χ4v) is 1.97. The summed E-state index contributed by atoms with van der Waals surface area (Å²) < 4.78 is 6.52. The Labute approximate surface area is 110 Å². The van der Waals surface area contributed by atoms with Crippen molar-refractivity contribution in [2.75, 3.05) is 19.5 Å². The molecule has 0 saturated carbocycles. The molecule has 0 aliphatic carbocycles. The summed E-state index contributed by atoms with van der Waals surface area (Å²) in [6.45, 7) is 6.51. The zero-order valence-corrected chi connectivity index (χ0v) is 11.3. The number of hydrogen-bond acceptors (Lipinski definition) is 6. The van der Waals surface area contributed by atoms with E-state index in [0.29, 0.717) is 18.3 Å². The second-order valence-corrected chi connectivity index (χ2v) is 4.59. The van der Waals surface area contributed by atoms with Crippen LogP contribution in [0.1, 0.15) is 6.92 Å². The average Bonchev–Trinajstić information content (AvgIpc) is 2.75. The van der Waals surface area contributed by atoms with Crippen LogP contribution in [0.3, 0.4) is 0 Å². The van der Waals surface area contributed by atoms with Gasteiger partial charge in [-0.2, -0.15) is 0 Å². The molecule has 0 aromatic carbocycles. The lowest BCUT2D eigenvalue weighted by Gasteiger charge is -2.12. The number of hydrogen-bond donors (Lipinski definition) is 1. The Bertz CT molecular complexity index is 395. The van der Waals surface area contributed by atoms with E-state index in [9.17, 15) is 4.79 Å². The van der Waals surface area contributed by atoms with Crippen molar-refractivity contribution in [1.29, 1.82) is 0 Å². The number of ether oxygens (including phenoxy) is 1. The lowest BCUT2D eigenvalue weighted by atomic mass is 10.3. The van der Waals surface area contributed by atoms with Crippen molar-refractivity contribution in [2.45, 2.75) is 24.7 Å². The first-order valence-corrected chi connectivity index (χ1v) is 6.44. The third-order valence-electron chi connectivity index (χ3n) is 1.96. The maximum absolute atomic E-state index is 11.6. The molecular formula is C10H17N5O2S. The highest BCUT2D eigenvalue weighted by atomic mass is 32.2. The number of rotatable bonds is 8. The number of allylic oxidation sites excluding steroid dienone is 1. The average molecular weight is 271 g/mol. The molecule has 100 valence electrons. The fraction of sp³-hybridized carbons (Fsp3) is 0.600. The number of thioether (sulfide) groups is 1. The molecule has 0 aliphatic heterocycles. The number of methoxy groups -OCH3 is 1. The molecule has 0 radical (unpaired) electrons. The van der Waals surface area contributed by atoms with E-state index in [1.54, 1.807) is 17.9 Å². The number of nitrogens with zero attached hydrogens (tertiary/aromatic N) is 4. The molecule has 0 bridgehead atoms. The Hall–Kier alpha value is -1.41. The minimum atomic E-state index is -0.0716. The summed E-state index contributed by atoms with van der Waals surface area (Å²) in [7, 11) is 1.60.